The molecule has 1 aromatic carbocycles. The Balaban J connectivity index is 1.69. The molecule has 11 heteroatoms. The first-order chi connectivity index (χ1) is 17.0. The van der Waals surface area contributed by atoms with E-state index in [2.05, 4.69) is 35.8 Å². The number of nitrogens with zero attached hydrogens (tertiary/aromatic N) is 3. The zero-order chi connectivity index (χ0) is 24.6. The number of halogens is 2. The van der Waals surface area contributed by atoms with Gasteiger partial charge in [0.15, 0.2) is 5.75 Å². The Kier molecular flexibility index (Phi) is 6.24. The highest BCUT2D eigenvalue weighted by Crippen LogP contribution is 2.46. The zero-order valence-corrected chi connectivity index (χ0v) is 20.3. The van der Waals surface area contributed by atoms with Crippen LogP contribution < -0.4 is 20.7 Å². The Morgan fingerprint density at radius 1 is 1.34 bits per heavy atom. The van der Waals surface area contributed by atoms with Gasteiger partial charge in [0.05, 0.1) is 40.5 Å². The first kappa shape index (κ1) is 23.4. The van der Waals surface area contributed by atoms with E-state index in [9.17, 15) is 9.18 Å². The molecule has 1 atom stereocenters. The van der Waals surface area contributed by atoms with Crippen LogP contribution >= 0.6 is 11.6 Å². The van der Waals surface area contributed by atoms with Crippen LogP contribution in [-0.2, 0) is 5.41 Å². The molecule has 0 saturated carbocycles. The van der Waals surface area contributed by atoms with Crippen molar-refractivity contribution in [2.24, 2.45) is 0 Å². The van der Waals surface area contributed by atoms with E-state index in [0.717, 1.165) is 18.7 Å². The lowest BCUT2D eigenvalue weighted by Gasteiger charge is -2.34. The number of anilines is 3. The SMILES string of the molecule is CNc1nccc(-c2[nH]c3c(c2Nc2cccc(Cl)c2OC)C(=O)NC[C@]32CCN(CCF)C2)n1. The maximum Gasteiger partial charge on any atom is 0.255 e. The number of aromatic amines is 1. The van der Waals surface area contributed by atoms with Gasteiger partial charge in [0.2, 0.25) is 5.95 Å². The zero-order valence-electron chi connectivity index (χ0n) is 19.5. The van der Waals surface area contributed by atoms with Crippen LogP contribution in [0.3, 0.4) is 0 Å². The molecule has 2 aliphatic heterocycles. The number of H-pyrrole nitrogens is 1. The van der Waals surface area contributed by atoms with E-state index in [1.165, 1.54) is 0 Å². The van der Waals surface area contributed by atoms with Gasteiger partial charge in [-0.15, -0.1) is 0 Å². The van der Waals surface area contributed by atoms with Gasteiger partial charge < -0.3 is 25.7 Å². The van der Waals surface area contributed by atoms with Gasteiger partial charge >= 0.3 is 0 Å². The molecule has 1 amide bonds. The fourth-order valence-corrected chi connectivity index (χ4v) is 5.30. The van der Waals surface area contributed by atoms with Crippen LogP contribution in [0.15, 0.2) is 30.5 Å². The molecule has 2 aromatic heterocycles. The topological polar surface area (TPSA) is 107 Å². The lowest BCUT2D eigenvalue weighted by atomic mass is 9.79. The number of nitrogens with one attached hydrogen (secondary N) is 4. The van der Waals surface area contributed by atoms with Gasteiger partial charge in [-0.1, -0.05) is 17.7 Å². The molecule has 184 valence electrons. The summed E-state index contributed by atoms with van der Waals surface area (Å²) in [7, 11) is 3.29. The molecule has 4 N–H and O–H groups in total. The minimum Gasteiger partial charge on any atom is -0.493 e. The molecule has 4 heterocycles. The highest BCUT2D eigenvalue weighted by Gasteiger charge is 2.47. The summed E-state index contributed by atoms with van der Waals surface area (Å²) in [6.45, 7) is 1.86. The Morgan fingerprint density at radius 3 is 2.97 bits per heavy atom. The van der Waals surface area contributed by atoms with Gasteiger partial charge in [-0.25, -0.2) is 14.4 Å². The monoisotopic (exact) mass is 499 g/mol. The Morgan fingerprint density at radius 2 is 2.20 bits per heavy atom. The lowest BCUT2D eigenvalue weighted by molar-refractivity contribution is 0.0924. The standard InChI is InChI=1S/C24H27ClFN7O2/c1-27-23-28-9-6-15(31-23)18-19(30-16-5-3-4-14(25)20(16)35-2)17-21(32-18)24(12-29-22(17)34)7-10-33(13-24)11-8-26/h3-6,9,30,32H,7-8,10-13H2,1-2H3,(H,29,34)(H,27,28,31)/t24-/m0/s1. The number of para-hydroxylation sites is 1. The third kappa shape index (κ3) is 4.06. The largest absolute Gasteiger partial charge is 0.493 e. The quantitative estimate of drug-likeness (QED) is 0.393. The van der Waals surface area contributed by atoms with E-state index in [1.807, 2.05) is 12.1 Å². The number of hydrogen-bond donors (Lipinski definition) is 4. The Labute approximate surface area is 207 Å². The summed E-state index contributed by atoms with van der Waals surface area (Å²) >= 11 is 6.37. The molecular formula is C24H27ClFN7O2. The average molecular weight is 500 g/mol. The second-order valence-corrected chi connectivity index (χ2v) is 9.17. The molecule has 0 unspecified atom stereocenters. The first-order valence-corrected chi connectivity index (χ1v) is 11.8. The molecule has 1 spiro atoms. The maximum absolute atomic E-state index is 13.3. The minimum absolute atomic E-state index is 0.191. The summed E-state index contributed by atoms with van der Waals surface area (Å²) in [4.78, 5) is 27.7. The number of alkyl halides is 1. The van der Waals surface area contributed by atoms with Gasteiger partial charge in [0.1, 0.15) is 6.67 Å². The molecule has 35 heavy (non-hydrogen) atoms. The number of carbonyl (C=O) groups is 1. The van der Waals surface area contributed by atoms with Gasteiger partial charge in [-0.05, 0) is 31.2 Å². The molecule has 0 aliphatic carbocycles. The number of fused-ring (bicyclic) bond motifs is 2. The van der Waals surface area contributed by atoms with E-state index >= 15 is 0 Å². The third-order valence-corrected chi connectivity index (χ3v) is 7.04. The average Bonchev–Trinajstić information content (AvgIpc) is 3.45. The molecule has 5 rings (SSSR count). The van der Waals surface area contributed by atoms with Crippen molar-refractivity contribution in [3.05, 3.63) is 46.7 Å². The van der Waals surface area contributed by atoms with Crippen molar-refractivity contribution in [2.75, 3.05) is 57.6 Å². The number of carbonyl (C=O) groups excluding carboxylic acids is 1. The van der Waals surface area contributed by atoms with Crippen LogP contribution in [0.2, 0.25) is 5.02 Å². The Bertz CT molecular complexity index is 1270. The lowest BCUT2D eigenvalue weighted by Crippen LogP contribution is -2.48. The normalized spacial score (nSPS) is 19.5. The van der Waals surface area contributed by atoms with Gasteiger partial charge in [-0.2, -0.15) is 0 Å². The van der Waals surface area contributed by atoms with Crippen LogP contribution in [0, 0.1) is 0 Å². The molecule has 1 fully saturated rings. The number of likely N-dealkylation sites (tertiary alicyclic amines) is 1. The van der Waals surface area contributed by atoms with E-state index < -0.39 is 6.67 Å². The fourth-order valence-electron chi connectivity index (χ4n) is 5.05. The summed E-state index contributed by atoms with van der Waals surface area (Å²) in [6, 6.07) is 7.17. The highest BCUT2D eigenvalue weighted by atomic mass is 35.5. The van der Waals surface area contributed by atoms with Gasteiger partial charge in [0, 0.05) is 44.0 Å². The van der Waals surface area contributed by atoms with Crippen LogP contribution in [0.5, 0.6) is 5.75 Å². The van der Waals surface area contributed by atoms with Gasteiger partial charge in [0.25, 0.3) is 5.91 Å². The van der Waals surface area contributed by atoms with Crippen LogP contribution in [0.4, 0.5) is 21.7 Å². The summed E-state index contributed by atoms with van der Waals surface area (Å²) in [6.07, 6.45) is 2.46. The molecule has 0 radical (unpaired) electrons. The number of benzene rings is 1. The van der Waals surface area contributed by atoms with Crippen molar-refractivity contribution in [1.82, 2.24) is 25.2 Å². The van der Waals surface area contributed by atoms with Crippen molar-refractivity contribution in [3.63, 3.8) is 0 Å². The number of methoxy groups -OCH3 is 1. The van der Waals surface area contributed by atoms with Crippen LogP contribution in [0.1, 0.15) is 22.5 Å². The van der Waals surface area contributed by atoms with Crippen LogP contribution in [0.25, 0.3) is 11.4 Å². The molecule has 0 bridgehead atoms. The van der Waals surface area contributed by atoms with Crippen LogP contribution in [-0.4, -0.2) is 72.8 Å². The van der Waals surface area contributed by atoms with Crippen molar-refractivity contribution in [3.8, 4) is 17.1 Å². The number of rotatable bonds is 7. The second-order valence-electron chi connectivity index (χ2n) is 8.76. The molecule has 2 aliphatic rings. The van der Waals surface area contributed by atoms with E-state index in [-0.39, 0.29) is 11.3 Å². The molecular weight excluding hydrogens is 473 g/mol. The number of hydrogen-bond acceptors (Lipinski definition) is 7. The smallest absolute Gasteiger partial charge is 0.255 e. The van der Waals surface area contributed by atoms with Crippen molar-refractivity contribution < 1.29 is 13.9 Å². The molecule has 1 saturated heterocycles. The Hall–Kier alpha value is -3.37. The number of aromatic nitrogens is 3. The summed E-state index contributed by atoms with van der Waals surface area (Å²) in [5.41, 5.74) is 3.43. The summed E-state index contributed by atoms with van der Waals surface area (Å²) in [5.74, 6) is 0.730. The van der Waals surface area contributed by atoms with E-state index in [4.69, 9.17) is 16.3 Å². The predicted molar refractivity (Wildman–Crippen MR) is 134 cm³/mol. The molecule has 9 nitrogen and oxygen atoms in total. The van der Waals surface area contributed by atoms with Crippen molar-refractivity contribution in [1.29, 1.82) is 0 Å². The summed E-state index contributed by atoms with van der Waals surface area (Å²) < 4.78 is 18.6. The fraction of sp³-hybridized carbons (Fsp3) is 0.375. The predicted octanol–water partition coefficient (Wildman–Crippen LogP) is 3.58. The van der Waals surface area contributed by atoms with Gasteiger partial charge in [-0.3, -0.25) is 9.69 Å². The second kappa shape index (κ2) is 9.35. The molecule has 3 aromatic rings. The minimum atomic E-state index is -0.402. The maximum atomic E-state index is 13.3. The van der Waals surface area contributed by atoms with E-state index in [1.54, 1.807) is 32.5 Å². The number of amides is 1. The first-order valence-electron chi connectivity index (χ1n) is 11.4. The highest BCUT2D eigenvalue weighted by molar-refractivity contribution is 6.32. The van der Waals surface area contributed by atoms with E-state index in [0.29, 0.717) is 64.7 Å². The summed E-state index contributed by atoms with van der Waals surface area (Å²) in [5, 5.41) is 9.86. The number of ether oxygens (including phenoxy) is 1. The van der Waals surface area contributed by atoms with Crippen molar-refractivity contribution >= 4 is 34.8 Å². The third-order valence-electron chi connectivity index (χ3n) is 6.74. The van der Waals surface area contributed by atoms with Crippen molar-refractivity contribution in [2.45, 2.75) is 11.8 Å².